The standard InChI is InChI=1S/C15H11N5O2S/c1-22-12-5-4-11-14(19-12)23-15(18-11)20-13-9-6-8(21)2-3-10(9)16-7-17-13/h2-7,21H,1H3,(H,16,17,18,20). The highest BCUT2D eigenvalue weighted by molar-refractivity contribution is 7.21. The summed E-state index contributed by atoms with van der Waals surface area (Å²) in [4.78, 5) is 18.0. The highest BCUT2D eigenvalue weighted by Crippen LogP contribution is 2.30. The van der Waals surface area contributed by atoms with Gasteiger partial charge in [-0.25, -0.2) is 19.9 Å². The molecule has 0 spiro atoms. The van der Waals surface area contributed by atoms with Gasteiger partial charge in [-0.1, -0.05) is 11.3 Å². The van der Waals surface area contributed by atoms with Crippen molar-refractivity contribution in [3.05, 3.63) is 36.7 Å². The molecule has 1 aromatic carbocycles. The molecule has 0 fully saturated rings. The van der Waals surface area contributed by atoms with Crippen molar-refractivity contribution in [1.29, 1.82) is 0 Å². The van der Waals surface area contributed by atoms with E-state index in [1.54, 1.807) is 31.4 Å². The van der Waals surface area contributed by atoms with Gasteiger partial charge in [-0.05, 0) is 24.3 Å². The van der Waals surface area contributed by atoms with Crippen molar-refractivity contribution < 1.29 is 9.84 Å². The zero-order valence-electron chi connectivity index (χ0n) is 12.0. The molecule has 7 nitrogen and oxygen atoms in total. The molecule has 0 bridgehead atoms. The highest BCUT2D eigenvalue weighted by Gasteiger charge is 2.10. The molecular formula is C15H11N5O2S. The summed E-state index contributed by atoms with van der Waals surface area (Å²) in [7, 11) is 1.58. The molecule has 0 aliphatic heterocycles. The Morgan fingerprint density at radius 2 is 1.96 bits per heavy atom. The Balaban J connectivity index is 1.77. The number of ether oxygens (including phenoxy) is 1. The van der Waals surface area contributed by atoms with Gasteiger partial charge in [0.1, 0.15) is 28.2 Å². The number of aromatic nitrogens is 4. The maximum absolute atomic E-state index is 9.67. The third kappa shape index (κ3) is 2.49. The van der Waals surface area contributed by atoms with Crippen molar-refractivity contribution >= 4 is 43.5 Å². The smallest absolute Gasteiger partial charge is 0.214 e. The largest absolute Gasteiger partial charge is 0.508 e. The van der Waals surface area contributed by atoms with Crippen LogP contribution < -0.4 is 10.1 Å². The molecule has 0 saturated carbocycles. The van der Waals surface area contributed by atoms with Crippen LogP contribution in [0.1, 0.15) is 0 Å². The van der Waals surface area contributed by atoms with Crippen LogP contribution in [0.3, 0.4) is 0 Å². The van der Waals surface area contributed by atoms with E-state index in [1.165, 1.54) is 17.7 Å². The van der Waals surface area contributed by atoms with Crippen LogP contribution in [-0.2, 0) is 0 Å². The minimum atomic E-state index is 0.158. The van der Waals surface area contributed by atoms with Gasteiger partial charge >= 0.3 is 0 Å². The molecule has 0 aliphatic carbocycles. The summed E-state index contributed by atoms with van der Waals surface area (Å²) in [5, 5.41) is 14.2. The third-order valence-electron chi connectivity index (χ3n) is 3.28. The number of pyridine rings is 1. The molecule has 4 rings (SSSR count). The highest BCUT2D eigenvalue weighted by atomic mass is 32.1. The topological polar surface area (TPSA) is 93.0 Å². The van der Waals surface area contributed by atoms with Crippen molar-refractivity contribution in [2.45, 2.75) is 0 Å². The number of nitrogens with one attached hydrogen (secondary N) is 1. The predicted molar refractivity (Wildman–Crippen MR) is 88.5 cm³/mol. The van der Waals surface area contributed by atoms with Crippen LogP contribution >= 0.6 is 11.3 Å². The number of methoxy groups -OCH3 is 1. The lowest BCUT2D eigenvalue weighted by Gasteiger charge is -2.05. The van der Waals surface area contributed by atoms with E-state index in [2.05, 4.69) is 25.3 Å². The molecule has 0 aliphatic rings. The molecule has 3 heterocycles. The van der Waals surface area contributed by atoms with Crippen molar-refractivity contribution in [2.24, 2.45) is 0 Å². The van der Waals surface area contributed by atoms with Gasteiger partial charge in [-0.2, -0.15) is 0 Å². The maximum Gasteiger partial charge on any atom is 0.214 e. The Morgan fingerprint density at radius 1 is 1.09 bits per heavy atom. The summed E-state index contributed by atoms with van der Waals surface area (Å²) in [6, 6.07) is 8.57. The normalized spacial score (nSPS) is 11.0. The fourth-order valence-electron chi connectivity index (χ4n) is 2.21. The lowest BCUT2D eigenvalue weighted by Crippen LogP contribution is -1.95. The fourth-order valence-corrected chi connectivity index (χ4v) is 3.04. The quantitative estimate of drug-likeness (QED) is 0.598. The average molecular weight is 325 g/mol. The summed E-state index contributed by atoms with van der Waals surface area (Å²) in [6.45, 7) is 0. The Morgan fingerprint density at radius 3 is 2.83 bits per heavy atom. The molecule has 0 saturated heterocycles. The van der Waals surface area contributed by atoms with Crippen molar-refractivity contribution in [3.8, 4) is 11.6 Å². The van der Waals surface area contributed by atoms with E-state index in [1.807, 2.05) is 6.07 Å². The van der Waals surface area contributed by atoms with E-state index in [0.717, 1.165) is 21.3 Å². The molecule has 23 heavy (non-hydrogen) atoms. The number of aromatic hydroxyl groups is 1. The van der Waals surface area contributed by atoms with Gasteiger partial charge in [-0.3, -0.25) is 0 Å². The van der Waals surface area contributed by atoms with Gasteiger partial charge in [0.2, 0.25) is 5.88 Å². The lowest BCUT2D eigenvalue weighted by atomic mass is 10.2. The van der Waals surface area contributed by atoms with Crippen LogP contribution in [0.2, 0.25) is 0 Å². The van der Waals surface area contributed by atoms with E-state index in [9.17, 15) is 5.11 Å². The average Bonchev–Trinajstić information content (AvgIpc) is 2.96. The first-order valence-corrected chi connectivity index (χ1v) is 7.57. The summed E-state index contributed by atoms with van der Waals surface area (Å²) in [5.74, 6) is 1.29. The van der Waals surface area contributed by atoms with Crippen LogP contribution in [0.15, 0.2) is 36.7 Å². The number of hydrogen-bond donors (Lipinski definition) is 2. The molecule has 3 aromatic heterocycles. The second-order valence-electron chi connectivity index (χ2n) is 4.75. The first-order chi connectivity index (χ1) is 11.2. The number of benzene rings is 1. The van der Waals surface area contributed by atoms with Gasteiger partial charge < -0.3 is 15.2 Å². The first kappa shape index (κ1) is 13.6. The summed E-state index contributed by atoms with van der Waals surface area (Å²) >= 11 is 1.40. The van der Waals surface area contributed by atoms with E-state index in [-0.39, 0.29) is 5.75 Å². The number of nitrogens with zero attached hydrogens (tertiary/aromatic N) is 4. The number of thiazole rings is 1. The fraction of sp³-hybridized carbons (Fsp3) is 0.0667. The van der Waals surface area contributed by atoms with Gasteiger partial charge in [0.05, 0.1) is 12.6 Å². The van der Waals surface area contributed by atoms with Crippen molar-refractivity contribution in [1.82, 2.24) is 19.9 Å². The Bertz CT molecular complexity index is 1020. The van der Waals surface area contributed by atoms with Crippen molar-refractivity contribution in [2.75, 3.05) is 12.4 Å². The molecule has 8 heteroatoms. The molecule has 0 radical (unpaired) electrons. The summed E-state index contributed by atoms with van der Waals surface area (Å²) in [6.07, 6.45) is 1.47. The first-order valence-electron chi connectivity index (χ1n) is 6.75. The SMILES string of the molecule is COc1ccc2nc(Nc3ncnc4ccc(O)cc34)sc2n1. The third-order valence-corrected chi connectivity index (χ3v) is 4.16. The zero-order valence-corrected chi connectivity index (χ0v) is 12.8. The number of rotatable bonds is 3. The van der Waals surface area contributed by atoms with Gasteiger partial charge in [0.25, 0.3) is 0 Å². The van der Waals surface area contributed by atoms with Crippen LogP contribution in [-0.4, -0.2) is 32.2 Å². The Kier molecular flexibility index (Phi) is 3.16. The van der Waals surface area contributed by atoms with Crippen LogP contribution in [0.4, 0.5) is 10.9 Å². The number of fused-ring (bicyclic) bond motifs is 2. The van der Waals surface area contributed by atoms with Crippen LogP contribution in [0, 0.1) is 0 Å². The molecule has 0 unspecified atom stereocenters. The predicted octanol–water partition coefficient (Wildman–Crippen LogP) is 3.09. The number of hydrogen-bond acceptors (Lipinski definition) is 8. The molecule has 4 aromatic rings. The molecule has 0 amide bonds. The second-order valence-corrected chi connectivity index (χ2v) is 5.72. The van der Waals surface area contributed by atoms with E-state index >= 15 is 0 Å². The van der Waals surface area contributed by atoms with Gasteiger partial charge in [0, 0.05) is 11.5 Å². The Hall–Kier alpha value is -3.00. The molecule has 114 valence electrons. The zero-order chi connectivity index (χ0) is 15.8. The van der Waals surface area contributed by atoms with E-state index in [0.29, 0.717) is 16.8 Å². The van der Waals surface area contributed by atoms with Crippen LogP contribution in [0.5, 0.6) is 11.6 Å². The summed E-state index contributed by atoms with van der Waals surface area (Å²) in [5.41, 5.74) is 1.51. The lowest BCUT2D eigenvalue weighted by molar-refractivity contribution is 0.400. The molecule has 0 atom stereocenters. The van der Waals surface area contributed by atoms with Gasteiger partial charge in [0.15, 0.2) is 5.13 Å². The van der Waals surface area contributed by atoms with E-state index in [4.69, 9.17) is 4.74 Å². The number of anilines is 2. The van der Waals surface area contributed by atoms with Gasteiger partial charge in [-0.15, -0.1) is 0 Å². The van der Waals surface area contributed by atoms with Crippen molar-refractivity contribution in [3.63, 3.8) is 0 Å². The maximum atomic E-state index is 9.67. The molecular weight excluding hydrogens is 314 g/mol. The second kappa shape index (κ2) is 5.33. The number of phenolic OH excluding ortho intramolecular Hbond substituents is 1. The Labute approximate surface area is 134 Å². The number of phenols is 1. The molecule has 2 N–H and O–H groups in total. The minimum Gasteiger partial charge on any atom is -0.508 e. The minimum absolute atomic E-state index is 0.158. The summed E-state index contributed by atoms with van der Waals surface area (Å²) < 4.78 is 5.12. The van der Waals surface area contributed by atoms with E-state index < -0.39 is 0 Å². The van der Waals surface area contributed by atoms with Crippen LogP contribution in [0.25, 0.3) is 21.3 Å². The monoisotopic (exact) mass is 325 g/mol.